The lowest BCUT2D eigenvalue weighted by molar-refractivity contribution is -0.135. The Bertz CT molecular complexity index is 1740. The largest absolute Gasteiger partial charge is 0.493 e. The zero-order valence-electron chi connectivity index (χ0n) is 24.8. The minimum absolute atomic E-state index is 0.0125. The molecule has 2 amide bonds. The predicted molar refractivity (Wildman–Crippen MR) is 172 cm³/mol. The van der Waals surface area contributed by atoms with Crippen LogP contribution in [0.1, 0.15) is 39.9 Å². The van der Waals surface area contributed by atoms with E-state index >= 15 is 0 Å². The number of carboxylic acids is 1. The number of carbonyl (C=O) groups is 3. The Hall–Kier alpha value is -4.35. The monoisotopic (exact) mass is 650 g/mol. The molecule has 0 radical (unpaired) electrons. The van der Waals surface area contributed by atoms with Crippen LogP contribution in [0.3, 0.4) is 0 Å². The number of halogens is 2. The van der Waals surface area contributed by atoms with Gasteiger partial charge in [0.1, 0.15) is 18.1 Å². The van der Waals surface area contributed by atoms with Gasteiger partial charge in [0.05, 0.1) is 25.0 Å². The molecule has 12 heteroatoms. The van der Waals surface area contributed by atoms with Gasteiger partial charge >= 0.3 is 5.97 Å². The summed E-state index contributed by atoms with van der Waals surface area (Å²) in [5.41, 5.74) is 4.90. The van der Waals surface area contributed by atoms with Gasteiger partial charge in [-0.3, -0.25) is 19.1 Å². The molecule has 2 N–H and O–H groups in total. The van der Waals surface area contributed by atoms with Gasteiger partial charge in [-0.2, -0.15) is 5.10 Å². The van der Waals surface area contributed by atoms with Crippen LogP contribution >= 0.6 is 23.4 Å². The maximum atomic E-state index is 15.0. The van der Waals surface area contributed by atoms with E-state index in [4.69, 9.17) is 21.4 Å². The lowest BCUT2D eigenvalue weighted by Crippen LogP contribution is -2.35. The molecule has 234 valence electrons. The highest BCUT2D eigenvalue weighted by Gasteiger charge is 2.25. The molecule has 0 aliphatic carbocycles. The molecule has 0 saturated carbocycles. The van der Waals surface area contributed by atoms with Crippen molar-refractivity contribution in [2.75, 3.05) is 30.3 Å². The molecule has 4 aromatic rings. The first-order valence-electron chi connectivity index (χ1n) is 14.4. The quantitative estimate of drug-likeness (QED) is 0.188. The fourth-order valence-corrected chi connectivity index (χ4v) is 6.46. The zero-order chi connectivity index (χ0) is 32.1. The first-order chi connectivity index (χ1) is 21.6. The highest BCUT2D eigenvalue weighted by atomic mass is 35.5. The molecular formula is C33H32ClFN4O5S. The minimum Gasteiger partial charge on any atom is -0.493 e. The molecule has 0 atom stereocenters. The Kier molecular flexibility index (Phi) is 10.1. The van der Waals surface area contributed by atoms with Crippen LogP contribution in [0.4, 0.5) is 10.1 Å². The van der Waals surface area contributed by atoms with Crippen molar-refractivity contribution in [2.45, 2.75) is 38.1 Å². The average Bonchev–Trinajstić information content (AvgIpc) is 3.49. The molecule has 0 fully saturated rings. The Balaban J connectivity index is 1.26. The van der Waals surface area contributed by atoms with E-state index < -0.39 is 24.2 Å². The summed E-state index contributed by atoms with van der Waals surface area (Å²) in [6.45, 7) is 4.56. The number of ether oxygens (including phenoxy) is 1. The molecule has 5 rings (SSSR count). The van der Waals surface area contributed by atoms with Crippen molar-refractivity contribution >= 4 is 46.8 Å². The molecule has 0 saturated heterocycles. The minimum atomic E-state index is -1.21. The normalized spacial score (nSPS) is 12.5. The number of aliphatic carboxylic acids is 1. The third-order valence-corrected chi connectivity index (χ3v) is 9.00. The molecule has 0 bridgehead atoms. The van der Waals surface area contributed by atoms with E-state index in [9.17, 15) is 18.8 Å². The SMILES string of the molecule is Cc1cccc(OCCCC(=O)N2CCSc3c(-c4cnn(Cc5c(F)cc(C(=O)NCC(=O)O)cc5Cl)c4)cccc32)c1C. The Morgan fingerprint density at radius 3 is 2.73 bits per heavy atom. The fourth-order valence-electron chi connectivity index (χ4n) is 5.05. The Morgan fingerprint density at radius 1 is 1.16 bits per heavy atom. The second-order valence-electron chi connectivity index (χ2n) is 10.6. The van der Waals surface area contributed by atoms with Crippen LogP contribution in [0.15, 0.2) is 65.8 Å². The number of nitrogens with one attached hydrogen (secondary N) is 1. The summed E-state index contributed by atoms with van der Waals surface area (Å²) >= 11 is 8.00. The first kappa shape index (κ1) is 32.1. The van der Waals surface area contributed by atoms with E-state index in [2.05, 4.69) is 10.4 Å². The molecular weight excluding hydrogens is 619 g/mol. The van der Waals surface area contributed by atoms with Crippen LogP contribution in [-0.2, 0) is 16.1 Å². The van der Waals surface area contributed by atoms with Crippen LogP contribution < -0.4 is 15.0 Å². The van der Waals surface area contributed by atoms with E-state index in [1.54, 1.807) is 28.8 Å². The third-order valence-electron chi connectivity index (χ3n) is 7.56. The van der Waals surface area contributed by atoms with Crippen LogP contribution in [0, 0.1) is 19.7 Å². The van der Waals surface area contributed by atoms with Crippen LogP contribution in [0.5, 0.6) is 5.75 Å². The summed E-state index contributed by atoms with van der Waals surface area (Å²) in [5, 5.41) is 15.4. The summed E-state index contributed by atoms with van der Waals surface area (Å²) < 4.78 is 22.5. The van der Waals surface area contributed by atoms with E-state index in [-0.39, 0.29) is 28.6 Å². The highest BCUT2D eigenvalue weighted by Crippen LogP contribution is 2.42. The molecule has 0 spiro atoms. The standard InChI is InChI=1S/C33H32ClFN4O5S/c1-20-6-3-9-29(21(20)2)44-12-5-10-30(40)39-11-13-45-32-24(7-4-8-28(32)39)23-16-37-38(18-23)19-25-26(34)14-22(15-27(25)35)33(43)36-17-31(41)42/h3-4,6-9,14-16,18H,5,10-13,17,19H2,1-2H3,(H,36,43)(H,41,42). The van der Waals surface area contributed by atoms with Gasteiger partial charge in [-0.15, -0.1) is 11.8 Å². The Labute approximate surface area is 269 Å². The van der Waals surface area contributed by atoms with Crippen molar-refractivity contribution in [3.8, 4) is 16.9 Å². The summed E-state index contributed by atoms with van der Waals surface area (Å²) in [6.07, 6.45) is 4.43. The molecule has 3 aromatic carbocycles. The van der Waals surface area contributed by atoms with Crippen molar-refractivity contribution in [1.82, 2.24) is 15.1 Å². The molecule has 45 heavy (non-hydrogen) atoms. The molecule has 9 nitrogen and oxygen atoms in total. The zero-order valence-corrected chi connectivity index (χ0v) is 26.4. The number of carbonyl (C=O) groups excluding carboxylic acids is 2. The smallest absolute Gasteiger partial charge is 0.322 e. The van der Waals surface area contributed by atoms with Crippen molar-refractivity contribution in [1.29, 1.82) is 0 Å². The topological polar surface area (TPSA) is 114 Å². The van der Waals surface area contributed by atoms with Gasteiger partial charge in [-0.05, 0) is 55.7 Å². The number of thioether (sulfide) groups is 1. The maximum Gasteiger partial charge on any atom is 0.322 e. The lowest BCUT2D eigenvalue weighted by atomic mass is 10.1. The number of anilines is 1. The van der Waals surface area contributed by atoms with Gasteiger partial charge in [0.2, 0.25) is 5.91 Å². The maximum absolute atomic E-state index is 15.0. The summed E-state index contributed by atoms with van der Waals surface area (Å²) in [5.74, 6) is -1.03. The van der Waals surface area contributed by atoms with Gasteiger partial charge in [0, 0.05) is 57.1 Å². The number of aromatic nitrogens is 2. The number of nitrogens with zero attached hydrogens (tertiary/aromatic N) is 3. The fraction of sp³-hybridized carbons (Fsp3) is 0.273. The molecule has 1 aromatic heterocycles. The van der Waals surface area contributed by atoms with E-state index in [0.717, 1.165) is 44.8 Å². The van der Waals surface area contributed by atoms with Crippen molar-refractivity contribution in [2.24, 2.45) is 0 Å². The summed E-state index contributed by atoms with van der Waals surface area (Å²) in [4.78, 5) is 39.0. The third kappa shape index (κ3) is 7.49. The van der Waals surface area contributed by atoms with Gasteiger partial charge < -0.3 is 20.1 Å². The van der Waals surface area contributed by atoms with E-state index in [1.807, 2.05) is 55.1 Å². The van der Waals surface area contributed by atoms with Crippen molar-refractivity contribution in [3.63, 3.8) is 0 Å². The van der Waals surface area contributed by atoms with Gasteiger partial charge in [-0.1, -0.05) is 35.9 Å². The number of amides is 2. The van der Waals surface area contributed by atoms with E-state index in [1.165, 1.54) is 11.6 Å². The average molecular weight is 651 g/mol. The summed E-state index contributed by atoms with van der Waals surface area (Å²) in [6, 6.07) is 14.1. The predicted octanol–water partition coefficient (Wildman–Crippen LogP) is 6.12. The molecule has 2 heterocycles. The van der Waals surface area contributed by atoms with Crippen LogP contribution in [-0.4, -0.2) is 58.1 Å². The number of benzene rings is 3. The number of hydrogen-bond acceptors (Lipinski definition) is 6. The highest BCUT2D eigenvalue weighted by molar-refractivity contribution is 7.99. The number of hydrogen-bond donors (Lipinski definition) is 2. The number of rotatable bonds is 11. The second-order valence-corrected chi connectivity index (χ2v) is 12.1. The molecule has 1 aliphatic heterocycles. The number of aryl methyl sites for hydroxylation is 1. The van der Waals surface area contributed by atoms with Crippen LogP contribution in [0.25, 0.3) is 11.1 Å². The Morgan fingerprint density at radius 2 is 1.96 bits per heavy atom. The van der Waals surface area contributed by atoms with Gasteiger partial charge in [0.15, 0.2) is 0 Å². The molecule has 0 unspecified atom stereocenters. The first-order valence-corrected chi connectivity index (χ1v) is 15.7. The lowest BCUT2D eigenvalue weighted by Gasteiger charge is -2.30. The molecule has 1 aliphatic rings. The van der Waals surface area contributed by atoms with Gasteiger partial charge in [-0.25, -0.2) is 4.39 Å². The second kappa shape index (κ2) is 14.2. The summed E-state index contributed by atoms with van der Waals surface area (Å²) in [7, 11) is 0. The van der Waals surface area contributed by atoms with Crippen molar-refractivity contribution < 1.29 is 28.6 Å². The number of fused-ring (bicyclic) bond motifs is 1. The number of carboxylic acid groups (broad SMARTS) is 1. The van der Waals surface area contributed by atoms with Crippen molar-refractivity contribution in [3.05, 3.63) is 94.0 Å². The van der Waals surface area contributed by atoms with E-state index in [0.29, 0.717) is 26.0 Å². The van der Waals surface area contributed by atoms with Crippen LogP contribution in [0.2, 0.25) is 5.02 Å². The van der Waals surface area contributed by atoms with Gasteiger partial charge in [0.25, 0.3) is 5.91 Å².